The molecule has 0 bridgehead atoms. The Morgan fingerprint density at radius 2 is 1.90 bits per heavy atom. The number of ether oxygens (including phenoxy) is 1. The molecule has 9 nitrogen and oxygen atoms in total. The molecule has 2 aromatic carbocycles. The molecular weight excluding hydrogens is 407 g/mol. The van der Waals surface area contributed by atoms with Gasteiger partial charge < -0.3 is 15.6 Å². The number of carbonyl (C=O) groups excluding carboxylic acids is 1. The lowest BCUT2D eigenvalue weighted by molar-refractivity contribution is 0.0981. The number of phenolic OH excluding ortho intramolecular Hbond substituents is 1. The van der Waals surface area contributed by atoms with Gasteiger partial charge in [-0.2, -0.15) is 0 Å². The van der Waals surface area contributed by atoms with Crippen LogP contribution in [0.2, 0.25) is 0 Å². The topological polar surface area (TPSA) is 131 Å². The van der Waals surface area contributed by atoms with Crippen LogP contribution in [0.5, 0.6) is 5.75 Å². The van der Waals surface area contributed by atoms with Crippen molar-refractivity contribution in [3.63, 3.8) is 0 Å². The van der Waals surface area contributed by atoms with E-state index < -0.39 is 28.7 Å². The maximum atomic E-state index is 13.9. The summed E-state index contributed by atoms with van der Waals surface area (Å²) in [6, 6.07) is 12.2. The molecule has 0 unspecified atom stereocenters. The zero-order valence-electron chi connectivity index (χ0n) is 16.7. The van der Waals surface area contributed by atoms with Gasteiger partial charge in [0.15, 0.2) is 17.3 Å². The number of carbonyl (C=O) groups is 1. The van der Waals surface area contributed by atoms with Crippen LogP contribution in [0.25, 0.3) is 0 Å². The molecule has 3 rings (SSSR count). The molecule has 0 aliphatic rings. The van der Waals surface area contributed by atoms with E-state index in [-0.39, 0.29) is 36.8 Å². The summed E-state index contributed by atoms with van der Waals surface area (Å²) in [7, 11) is 1.44. The summed E-state index contributed by atoms with van der Waals surface area (Å²) in [6.45, 7) is 0.0435. The molecule has 31 heavy (non-hydrogen) atoms. The standard InChI is InChI=1S/C21H21FN4O5/c1-31-11-10-25-18(23)16(19(28)24-21(25)30)26(12-13-6-3-2-4-7-13)20(29)14-8-5-9-15(22)17(14)27/h2-9,27H,10-12,23H2,1H3,(H,24,28,30). The van der Waals surface area contributed by atoms with Crippen molar-refractivity contribution in [1.82, 2.24) is 9.55 Å². The number of amides is 1. The fraction of sp³-hybridized carbons (Fsp3) is 0.190. The van der Waals surface area contributed by atoms with E-state index in [0.717, 1.165) is 15.5 Å². The van der Waals surface area contributed by atoms with E-state index in [4.69, 9.17) is 10.5 Å². The molecule has 0 fully saturated rings. The Hall–Kier alpha value is -3.92. The first-order chi connectivity index (χ1) is 14.8. The molecule has 162 valence electrons. The number of phenols is 1. The SMILES string of the molecule is COCCn1c(N)c(N(Cc2ccccc2)C(=O)c2cccc(F)c2O)c(=O)[nH]c1=O. The number of nitrogen functional groups attached to an aromatic ring is 1. The fourth-order valence-electron chi connectivity index (χ4n) is 3.09. The number of hydrogen-bond donors (Lipinski definition) is 3. The van der Waals surface area contributed by atoms with Gasteiger partial charge in [-0.05, 0) is 17.7 Å². The third-order valence-corrected chi connectivity index (χ3v) is 4.65. The highest BCUT2D eigenvalue weighted by Gasteiger charge is 2.28. The van der Waals surface area contributed by atoms with Gasteiger partial charge in [0.25, 0.3) is 11.5 Å². The molecule has 0 atom stereocenters. The maximum Gasteiger partial charge on any atom is 0.330 e. The van der Waals surface area contributed by atoms with Crippen molar-refractivity contribution in [3.8, 4) is 5.75 Å². The number of H-pyrrole nitrogens is 1. The highest BCUT2D eigenvalue weighted by atomic mass is 19.1. The maximum absolute atomic E-state index is 13.9. The van der Waals surface area contributed by atoms with Crippen LogP contribution in [-0.2, 0) is 17.8 Å². The van der Waals surface area contributed by atoms with Crippen molar-refractivity contribution < 1.29 is 19.0 Å². The lowest BCUT2D eigenvalue weighted by Crippen LogP contribution is -2.41. The van der Waals surface area contributed by atoms with Crippen molar-refractivity contribution in [2.24, 2.45) is 0 Å². The van der Waals surface area contributed by atoms with E-state index in [1.165, 1.54) is 19.2 Å². The molecule has 3 aromatic rings. The van der Waals surface area contributed by atoms with E-state index in [9.17, 15) is 23.9 Å². The Labute approximate surface area is 176 Å². The average Bonchev–Trinajstić information content (AvgIpc) is 2.75. The van der Waals surface area contributed by atoms with Gasteiger partial charge in [-0.1, -0.05) is 36.4 Å². The Bertz CT molecular complexity index is 1210. The number of rotatable bonds is 7. The molecule has 0 spiro atoms. The van der Waals surface area contributed by atoms with Gasteiger partial charge in [-0.3, -0.25) is 24.0 Å². The number of methoxy groups -OCH3 is 1. The van der Waals surface area contributed by atoms with Crippen LogP contribution in [0.15, 0.2) is 58.1 Å². The number of aromatic hydroxyl groups is 1. The number of nitrogens with two attached hydrogens (primary N) is 1. The van der Waals surface area contributed by atoms with Crippen molar-refractivity contribution in [2.75, 3.05) is 24.4 Å². The summed E-state index contributed by atoms with van der Waals surface area (Å²) in [5.74, 6) is -2.97. The molecule has 1 heterocycles. The number of benzene rings is 2. The molecule has 0 radical (unpaired) electrons. The lowest BCUT2D eigenvalue weighted by atomic mass is 10.1. The molecule has 0 aliphatic heterocycles. The summed E-state index contributed by atoms with van der Waals surface area (Å²) < 4.78 is 19.9. The molecule has 4 N–H and O–H groups in total. The van der Waals surface area contributed by atoms with Gasteiger partial charge in [0, 0.05) is 7.11 Å². The van der Waals surface area contributed by atoms with Crippen molar-refractivity contribution in [2.45, 2.75) is 13.1 Å². The summed E-state index contributed by atoms with van der Waals surface area (Å²) >= 11 is 0. The number of nitrogens with zero attached hydrogens (tertiary/aromatic N) is 2. The molecular formula is C21H21FN4O5. The number of halogens is 1. The molecule has 10 heteroatoms. The zero-order valence-corrected chi connectivity index (χ0v) is 16.7. The highest BCUT2D eigenvalue weighted by Crippen LogP contribution is 2.27. The second-order valence-corrected chi connectivity index (χ2v) is 6.65. The van der Waals surface area contributed by atoms with Crippen LogP contribution in [-0.4, -0.2) is 34.3 Å². The fourth-order valence-corrected chi connectivity index (χ4v) is 3.09. The van der Waals surface area contributed by atoms with E-state index in [2.05, 4.69) is 4.98 Å². The van der Waals surface area contributed by atoms with Crippen LogP contribution in [0.3, 0.4) is 0 Å². The number of para-hydroxylation sites is 1. The van der Waals surface area contributed by atoms with Crippen LogP contribution in [0, 0.1) is 5.82 Å². The van der Waals surface area contributed by atoms with Crippen LogP contribution < -0.4 is 21.9 Å². The smallest absolute Gasteiger partial charge is 0.330 e. The first-order valence-corrected chi connectivity index (χ1v) is 9.30. The summed E-state index contributed by atoms with van der Waals surface area (Å²) in [5, 5.41) is 10.1. The Kier molecular flexibility index (Phi) is 6.51. The van der Waals surface area contributed by atoms with Gasteiger partial charge >= 0.3 is 5.69 Å². The van der Waals surface area contributed by atoms with Crippen molar-refractivity contribution in [3.05, 3.63) is 86.3 Å². The van der Waals surface area contributed by atoms with Gasteiger partial charge in [-0.15, -0.1) is 0 Å². The summed E-state index contributed by atoms with van der Waals surface area (Å²) in [6.07, 6.45) is 0. The third kappa shape index (κ3) is 4.48. The minimum Gasteiger partial charge on any atom is -0.504 e. The number of aromatic amines is 1. The Morgan fingerprint density at radius 3 is 2.58 bits per heavy atom. The molecule has 1 aromatic heterocycles. The first-order valence-electron chi connectivity index (χ1n) is 9.30. The molecule has 0 saturated heterocycles. The van der Waals surface area contributed by atoms with Gasteiger partial charge in [-0.25, -0.2) is 9.18 Å². The van der Waals surface area contributed by atoms with Crippen molar-refractivity contribution >= 4 is 17.4 Å². The minimum absolute atomic E-state index is 0.0313. The second kappa shape index (κ2) is 9.26. The Balaban J connectivity index is 2.19. The molecule has 0 aliphatic carbocycles. The van der Waals surface area contributed by atoms with Crippen LogP contribution in [0.4, 0.5) is 15.9 Å². The zero-order chi connectivity index (χ0) is 22.5. The van der Waals surface area contributed by atoms with Gasteiger partial charge in [0.05, 0.1) is 25.3 Å². The predicted octanol–water partition coefficient (Wildman–Crippen LogP) is 1.46. The van der Waals surface area contributed by atoms with Gasteiger partial charge in [0.2, 0.25) is 0 Å². The quantitative estimate of drug-likeness (QED) is 0.522. The van der Waals surface area contributed by atoms with E-state index in [1.807, 2.05) is 0 Å². The number of hydrogen-bond acceptors (Lipinski definition) is 6. The number of nitrogens with one attached hydrogen (secondary N) is 1. The predicted molar refractivity (Wildman–Crippen MR) is 113 cm³/mol. The molecule has 1 amide bonds. The second-order valence-electron chi connectivity index (χ2n) is 6.65. The van der Waals surface area contributed by atoms with Crippen LogP contribution in [0.1, 0.15) is 15.9 Å². The summed E-state index contributed by atoms with van der Waals surface area (Å²) in [4.78, 5) is 41.4. The number of anilines is 2. The monoisotopic (exact) mass is 428 g/mol. The highest BCUT2D eigenvalue weighted by molar-refractivity contribution is 6.08. The normalized spacial score (nSPS) is 10.8. The third-order valence-electron chi connectivity index (χ3n) is 4.65. The minimum atomic E-state index is -0.988. The average molecular weight is 428 g/mol. The number of aromatic nitrogens is 2. The van der Waals surface area contributed by atoms with Crippen molar-refractivity contribution in [1.29, 1.82) is 0 Å². The first kappa shape index (κ1) is 21.8. The lowest BCUT2D eigenvalue weighted by Gasteiger charge is -2.25. The Morgan fingerprint density at radius 1 is 1.19 bits per heavy atom. The van der Waals surface area contributed by atoms with Gasteiger partial charge in [0.1, 0.15) is 5.82 Å². The van der Waals surface area contributed by atoms with Crippen LogP contribution >= 0.6 is 0 Å². The van der Waals surface area contributed by atoms with E-state index in [0.29, 0.717) is 5.56 Å². The van der Waals surface area contributed by atoms with E-state index >= 15 is 0 Å². The molecule has 0 saturated carbocycles. The largest absolute Gasteiger partial charge is 0.504 e. The van der Waals surface area contributed by atoms with E-state index in [1.54, 1.807) is 30.3 Å². The summed E-state index contributed by atoms with van der Waals surface area (Å²) in [5.41, 5.74) is 4.45.